The molecule has 0 aliphatic heterocycles. The van der Waals surface area contributed by atoms with E-state index in [1.165, 1.54) is 154 Å². The number of hydrogen-bond donors (Lipinski definition) is 0. The van der Waals surface area contributed by atoms with E-state index in [1.54, 1.807) is 0 Å². The van der Waals surface area contributed by atoms with E-state index < -0.39 is 6.10 Å². The number of esters is 3. The first-order chi connectivity index (χ1) is 31.0. The fourth-order valence-corrected chi connectivity index (χ4v) is 8.05. The van der Waals surface area contributed by atoms with E-state index in [1.807, 2.05) is 0 Å². The number of hydrogen-bond acceptors (Lipinski definition) is 6. The van der Waals surface area contributed by atoms with Crippen molar-refractivity contribution >= 4 is 17.9 Å². The first-order valence-electron chi connectivity index (χ1n) is 27.5. The summed E-state index contributed by atoms with van der Waals surface area (Å²) in [6.07, 6.45) is 61.3. The van der Waals surface area contributed by atoms with Crippen LogP contribution in [-0.2, 0) is 28.6 Å². The summed E-state index contributed by atoms with van der Waals surface area (Å²) < 4.78 is 16.8. The molecule has 368 valence electrons. The van der Waals surface area contributed by atoms with Crippen molar-refractivity contribution < 1.29 is 28.6 Å². The molecule has 0 spiro atoms. The molecule has 0 saturated heterocycles. The van der Waals surface area contributed by atoms with Crippen molar-refractivity contribution in [3.05, 3.63) is 36.5 Å². The summed E-state index contributed by atoms with van der Waals surface area (Å²) in [5.41, 5.74) is 0. The zero-order valence-electron chi connectivity index (χ0n) is 42.1. The second-order valence-electron chi connectivity index (χ2n) is 18.5. The molecular formula is C57H104O6. The minimum absolute atomic E-state index is 0.0731. The maximum Gasteiger partial charge on any atom is 0.306 e. The van der Waals surface area contributed by atoms with E-state index in [-0.39, 0.29) is 31.1 Å². The summed E-state index contributed by atoms with van der Waals surface area (Å²) in [6.45, 7) is 6.54. The largest absolute Gasteiger partial charge is 0.462 e. The summed E-state index contributed by atoms with van der Waals surface area (Å²) in [5, 5.41) is 0. The molecule has 63 heavy (non-hydrogen) atoms. The van der Waals surface area contributed by atoms with Crippen LogP contribution in [0, 0.1) is 0 Å². The topological polar surface area (TPSA) is 78.9 Å². The molecule has 0 rings (SSSR count). The van der Waals surface area contributed by atoms with Gasteiger partial charge in [0.1, 0.15) is 13.2 Å². The van der Waals surface area contributed by atoms with Gasteiger partial charge in [-0.1, -0.05) is 256 Å². The SMILES string of the molecule is CC/C=C\C/C=C\C/C=C\CCCCCCCC(=O)OC[C@H](COC(=O)CCCCCCCCCCCCCCCCCCCCC)OC(=O)CCCCCCCCCCCCC. The van der Waals surface area contributed by atoms with Crippen LogP contribution in [0.4, 0.5) is 0 Å². The third-order valence-corrected chi connectivity index (χ3v) is 12.2. The van der Waals surface area contributed by atoms with Crippen LogP contribution in [-0.4, -0.2) is 37.2 Å². The molecule has 0 aromatic rings. The second-order valence-corrected chi connectivity index (χ2v) is 18.5. The van der Waals surface area contributed by atoms with Gasteiger partial charge in [0.2, 0.25) is 0 Å². The van der Waals surface area contributed by atoms with Gasteiger partial charge in [-0.15, -0.1) is 0 Å². The van der Waals surface area contributed by atoms with Crippen LogP contribution in [0.25, 0.3) is 0 Å². The number of carbonyl (C=O) groups is 3. The van der Waals surface area contributed by atoms with Crippen molar-refractivity contribution in [2.75, 3.05) is 13.2 Å². The highest BCUT2D eigenvalue weighted by atomic mass is 16.6. The lowest BCUT2D eigenvalue weighted by Gasteiger charge is -2.18. The second kappa shape index (κ2) is 52.3. The van der Waals surface area contributed by atoms with E-state index >= 15 is 0 Å². The number of allylic oxidation sites excluding steroid dienone is 6. The molecule has 0 aromatic carbocycles. The van der Waals surface area contributed by atoms with Gasteiger partial charge in [0, 0.05) is 19.3 Å². The molecule has 0 saturated carbocycles. The highest BCUT2D eigenvalue weighted by Gasteiger charge is 2.19. The molecule has 0 heterocycles. The van der Waals surface area contributed by atoms with Gasteiger partial charge in [-0.05, 0) is 51.4 Å². The van der Waals surface area contributed by atoms with Gasteiger partial charge in [-0.3, -0.25) is 14.4 Å². The molecule has 0 radical (unpaired) electrons. The Balaban J connectivity index is 4.29. The molecule has 0 unspecified atom stereocenters. The van der Waals surface area contributed by atoms with Crippen molar-refractivity contribution in [3.8, 4) is 0 Å². The van der Waals surface area contributed by atoms with Crippen LogP contribution in [0.15, 0.2) is 36.5 Å². The van der Waals surface area contributed by atoms with Crippen LogP contribution < -0.4 is 0 Å². The molecule has 0 N–H and O–H groups in total. The monoisotopic (exact) mass is 885 g/mol. The average molecular weight is 885 g/mol. The highest BCUT2D eigenvalue weighted by molar-refractivity contribution is 5.71. The van der Waals surface area contributed by atoms with E-state index in [0.717, 1.165) is 96.3 Å². The molecular weight excluding hydrogens is 781 g/mol. The molecule has 0 aliphatic rings. The first kappa shape index (κ1) is 60.6. The molecule has 0 amide bonds. The number of ether oxygens (including phenoxy) is 3. The smallest absolute Gasteiger partial charge is 0.306 e. The zero-order chi connectivity index (χ0) is 45.8. The lowest BCUT2D eigenvalue weighted by Crippen LogP contribution is -2.30. The van der Waals surface area contributed by atoms with Crippen LogP contribution in [0.2, 0.25) is 0 Å². The third kappa shape index (κ3) is 50.5. The van der Waals surface area contributed by atoms with Gasteiger partial charge in [-0.25, -0.2) is 0 Å². The van der Waals surface area contributed by atoms with Crippen molar-refractivity contribution in [2.45, 2.75) is 297 Å². The quantitative estimate of drug-likeness (QED) is 0.0262. The zero-order valence-corrected chi connectivity index (χ0v) is 42.1. The minimum atomic E-state index is -0.773. The summed E-state index contributed by atoms with van der Waals surface area (Å²) in [6, 6.07) is 0. The van der Waals surface area contributed by atoms with Gasteiger partial charge >= 0.3 is 17.9 Å². The van der Waals surface area contributed by atoms with Crippen LogP contribution in [0.5, 0.6) is 0 Å². The predicted octanol–water partition coefficient (Wildman–Crippen LogP) is 18.1. The molecule has 6 heteroatoms. The fourth-order valence-electron chi connectivity index (χ4n) is 8.05. The maximum absolute atomic E-state index is 12.8. The standard InChI is InChI=1S/C57H104O6/c1-4-7-10-13-16-19-22-24-26-27-28-29-31-33-36-38-41-44-47-50-56(59)62-53-54(63-57(60)51-48-45-42-39-34-21-18-15-12-9-6-3)52-61-55(58)49-46-43-40-37-35-32-30-25-23-20-17-14-11-8-5-2/h8,11,17,20,25,30,54H,4-7,9-10,12-16,18-19,21-24,26-29,31-53H2,1-3H3/b11-8-,20-17-,30-25-/t54-/m1/s1. The highest BCUT2D eigenvalue weighted by Crippen LogP contribution is 2.17. The average Bonchev–Trinajstić information content (AvgIpc) is 3.28. The van der Waals surface area contributed by atoms with Gasteiger partial charge < -0.3 is 14.2 Å². The molecule has 0 fully saturated rings. The van der Waals surface area contributed by atoms with E-state index in [0.29, 0.717) is 19.3 Å². The molecule has 0 bridgehead atoms. The molecule has 0 aromatic heterocycles. The van der Waals surface area contributed by atoms with Gasteiger partial charge in [-0.2, -0.15) is 0 Å². The van der Waals surface area contributed by atoms with Crippen molar-refractivity contribution in [1.29, 1.82) is 0 Å². The Morgan fingerprint density at radius 1 is 0.333 bits per heavy atom. The van der Waals surface area contributed by atoms with Crippen LogP contribution >= 0.6 is 0 Å². The van der Waals surface area contributed by atoms with Crippen LogP contribution in [0.3, 0.4) is 0 Å². The van der Waals surface area contributed by atoms with E-state index in [9.17, 15) is 14.4 Å². The molecule has 6 nitrogen and oxygen atoms in total. The lowest BCUT2D eigenvalue weighted by molar-refractivity contribution is -0.167. The first-order valence-corrected chi connectivity index (χ1v) is 27.5. The van der Waals surface area contributed by atoms with Crippen molar-refractivity contribution in [3.63, 3.8) is 0 Å². The Morgan fingerprint density at radius 2 is 0.619 bits per heavy atom. The Morgan fingerprint density at radius 3 is 0.968 bits per heavy atom. The number of unbranched alkanes of at least 4 members (excludes halogenated alkanes) is 33. The predicted molar refractivity (Wildman–Crippen MR) is 270 cm³/mol. The summed E-state index contributed by atoms with van der Waals surface area (Å²) in [7, 11) is 0. The van der Waals surface area contributed by atoms with Gasteiger partial charge in [0.15, 0.2) is 6.10 Å². The van der Waals surface area contributed by atoms with Gasteiger partial charge in [0.25, 0.3) is 0 Å². The normalized spacial score (nSPS) is 12.2. The molecule has 0 aliphatic carbocycles. The number of carbonyl (C=O) groups excluding carboxylic acids is 3. The lowest BCUT2D eigenvalue weighted by atomic mass is 10.0. The fraction of sp³-hybridized carbons (Fsp3) is 0.842. The summed E-state index contributed by atoms with van der Waals surface area (Å²) in [5.74, 6) is -0.876. The summed E-state index contributed by atoms with van der Waals surface area (Å²) in [4.78, 5) is 38.0. The van der Waals surface area contributed by atoms with E-state index in [4.69, 9.17) is 14.2 Å². The van der Waals surface area contributed by atoms with Crippen LogP contribution in [0.1, 0.15) is 290 Å². The molecule has 1 atom stereocenters. The Labute approximate surface area is 391 Å². The minimum Gasteiger partial charge on any atom is -0.462 e. The van der Waals surface area contributed by atoms with E-state index in [2.05, 4.69) is 57.2 Å². The van der Waals surface area contributed by atoms with Crippen molar-refractivity contribution in [2.24, 2.45) is 0 Å². The van der Waals surface area contributed by atoms with Crippen molar-refractivity contribution in [1.82, 2.24) is 0 Å². The Bertz CT molecular complexity index is 1060. The Hall–Kier alpha value is -2.37. The Kier molecular flexibility index (Phi) is 50.3. The summed E-state index contributed by atoms with van der Waals surface area (Å²) >= 11 is 0. The third-order valence-electron chi connectivity index (χ3n) is 12.2. The van der Waals surface area contributed by atoms with Gasteiger partial charge in [0.05, 0.1) is 0 Å². The number of rotatable bonds is 50. The maximum atomic E-state index is 12.8.